The summed E-state index contributed by atoms with van der Waals surface area (Å²) in [6.45, 7) is 5.16. The largest absolute Gasteiger partial charge is 0.379 e. The minimum atomic E-state index is -0.0205. The van der Waals surface area contributed by atoms with Crippen LogP contribution in [0, 0.1) is 0 Å². The van der Waals surface area contributed by atoms with Crippen molar-refractivity contribution in [2.24, 2.45) is 0 Å². The van der Waals surface area contributed by atoms with Gasteiger partial charge in [-0.2, -0.15) is 0 Å². The first-order valence-corrected chi connectivity index (χ1v) is 7.05. The van der Waals surface area contributed by atoms with Crippen molar-refractivity contribution in [2.75, 3.05) is 26.3 Å². The molecule has 1 aromatic rings. The Kier molecular flexibility index (Phi) is 4.92. The van der Waals surface area contributed by atoms with Crippen molar-refractivity contribution in [3.8, 4) is 0 Å². The van der Waals surface area contributed by atoms with E-state index < -0.39 is 0 Å². The van der Waals surface area contributed by atoms with E-state index in [-0.39, 0.29) is 11.8 Å². The van der Waals surface area contributed by atoms with Gasteiger partial charge in [-0.1, -0.05) is 28.1 Å². The van der Waals surface area contributed by atoms with Gasteiger partial charge in [0.25, 0.3) is 0 Å². The summed E-state index contributed by atoms with van der Waals surface area (Å²) in [5, 5.41) is 0. The van der Waals surface area contributed by atoms with Crippen LogP contribution in [-0.4, -0.2) is 43.0 Å². The van der Waals surface area contributed by atoms with Crippen LogP contribution in [0.2, 0.25) is 0 Å². The Morgan fingerprint density at radius 1 is 1.44 bits per heavy atom. The van der Waals surface area contributed by atoms with Gasteiger partial charge in [0.05, 0.1) is 19.3 Å². The minimum Gasteiger partial charge on any atom is -0.379 e. The van der Waals surface area contributed by atoms with Crippen molar-refractivity contribution in [3.63, 3.8) is 0 Å². The molecule has 1 aromatic carbocycles. The fourth-order valence-corrected chi connectivity index (χ4v) is 2.61. The van der Waals surface area contributed by atoms with Gasteiger partial charge < -0.3 is 4.74 Å². The van der Waals surface area contributed by atoms with Crippen LogP contribution in [0.15, 0.2) is 28.7 Å². The lowest BCUT2D eigenvalue weighted by atomic mass is 10.0. The Morgan fingerprint density at radius 2 is 2.17 bits per heavy atom. The van der Waals surface area contributed by atoms with Crippen LogP contribution < -0.4 is 0 Å². The smallest absolute Gasteiger partial charge is 0.154 e. The summed E-state index contributed by atoms with van der Waals surface area (Å²) in [6.07, 6.45) is 0.498. The van der Waals surface area contributed by atoms with Crippen molar-refractivity contribution in [2.45, 2.75) is 19.4 Å². The van der Waals surface area contributed by atoms with Gasteiger partial charge in [-0.05, 0) is 24.6 Å². The van der Waals surface area contributed by atoms with Crippen LogP contribution in [0.25, 0.3) is 0 Å². The number of ketones is 1. The molecule has 1 aliphatic rings. The van der Waals surface area contributed by atoms with Gasteiger partial charge in [0, 0.05) is 24.0 Å². The molecule has 0 spiro atoms. The number of hydrogen-bond donors (Lipinski definition) is 0. The van der Waals surface area contributed by atoms with E-state index in [9.17, 15) is 4.79 Å². The first-order chi connectivity index (χ1) is 8.66. The molecule has 18 heavy (non-hydrogen) atoms. The molecule has 3 nitrogen and oxygen atoms in total. The van der Waals surface area contributed by atoms with Crippen LogP contribution in [0.5, 0.6) is 0 Å². The first-order valence-electron chi connectivity index (χ1n) is 6.26. The van der Waals surface area contributed by atoms with Gasteiger partial charge in [-0.3, -0.25) is 9.69 Å². The molecule has 0 N–H and O–H groups in total. The second-order valence-corrected chi connectivity index (χ2v) is 5.51. The number of benzene rings is 1. The van der Waals surface area contributed by atoms with E-state index in [1.165, 1.54) is 0 Å². The van der Waals surface area contributed by atoms with E-state index in [4.69, 9.17) is 4.74 Å². The fourth-order valence-electron chi connectivity index (χ4n) is 2.16. The van der Waals surface area contributed by atoms with E-state index >= 15 is 0 Å². The van der Waals surface area contributed by atoms with Crippen LogP contribution in [0.3, 0.4) is 0 Å². The van der Waals surface area contributed by atoms with E-state index in [2.05, 4.69) is 20.8 Å². The summed E-state index contributed by atoms with van der Waals surface area (Å²) in [4.78, 5) is 14.4. The highest BCUT2D eigenvalue weighted by Crippen LogP contribution is 2.14. The fraction of sp³-hybridized carbons (Fsp3) is 0.500. The molecule has 0 aromatic heterocycles. The molecule has 98 valence electrons. The normalized spacial score (nSPS) is 18.6. The monoisotopic (exact) mass is 311 g/mol. The van der Waals surface area contributed by atoms with Crippen molar-refractivity contribution in [3.05, 3.63) is 34.3 Å². The summed E-state index contributed by atoms with van der Waals surface area (Å²) >= 11 is 3.43. The maximum atomic E-state index is 12.2. The molecule has 1 atom stereocenters. The maximum absolute atomic E-state index is 12.2. The maximum Gasteiger partial charge on any atom is 0.154 e. The molecule has 0 radical (unpaired) electrons. The van der Waals surface area contributed by atoms with Crippen molar-refractivity contribution in [1.82, 2.24) is 4.90 Å². The second kappa shape index (κ2) is 6.45. The molecule has 4 heteroatoms. The molecular weight excluding hydrogens is 294 g/mol. The van der Waals surface area contributed by atoms with Gasteiger partial charge in [0.15, 0.2) is 5.78 Å². The predicted molar refractivity (Wildman–Crippen MR) is 74.7 cm³/mol. The van der Waals surface area contributed by atoms with Crippen LogP contribution >= 0.6 is 15.9 Å². The van der Waals surface area contributed by atoms with Crippen LogP contribution in [0.4, 0.5) is 0 Å². The number of carbonyl (C=O) groups is 1. The second-order valence-electron chi connectivity index (χ2n) is 4.60. The molecule has 1 fully saturated rings. The molecule has 2 rings (SSSR count). The zero-order valence-electron chi connectivity index (χ0n) is 10.6. The zero-order chi connectivity index (χ0) is 13.0. The summed E-state index contributed by atoms with van der Waals surface area (Å²) in [5.74, 6) is 0.273. The summed E-state index contributed by atoms with van der Waals surface area (Å²) in [5.41, 5.74) is 1.06. The lowest BCUT2D eigenvalue weighted by Crippen LogP contribution is -2.46. The van der Waals surface area contributed by atoms with Gasteiger partial charge in [0.2, 0.25) is 0 Å². The minimum absolute atomic E-state index is 0.0205. The van der Waals surface area contributed by atoms with Crippen molar-refractivity contribution < 1.29 is 9.53 Å². The number of halogens is 1. The summed E-state index contributed by atoms with van der Waals surface area (Å²) in [6, 6.07) is 7.91. The Balaban J connectivity index is 1.94. The number of ether oxygens (including phenoxy) is 1. The topological polar surface area (TPSA) is 29.5 Å². The standard InChI is InChI=1S/C14H18BrNO2/c1-11(16-5-7-18-8-6-16)14(17)10-12-3-2-4-13(15)9-12/h2-4,9,11H,5-8,10H2,1H3. The third kappa shape index (κ3) is 3.64. The highest BCUT2D eigenvalue weighted by Gasteiger charge is 2.22. The molecular formula is C14H18BrNO2. The Labute approximate surface area is 116 Å². The number of nitrogens with zero attached hydrogens (tertiary/aromatic N) is 1. The van der Waals surface area contributed by atoms with Crippen LogP contribution in [0.1, 0.15) is 12.5 Å². The average Bonchev–Trinajstić information content (AvgIpc) is 2.39. The molecule has 1 aliphatic heterocycles. The lowest BCUT2D eigenvalue weighted by molar-refractivity contribution is -0.124. The first kappa shape index (κ1) is 13.7. The van der Waals surface area contributed by atoms with Gasteiger partial charge >= 0.3 is 0 Å². The van der Waals surface area contributed by atoms with E-state index in [1.54, 1.807) is 0 Å². The highest BCUT2D eigenvalue weighted by atomic mass is 79.9. The average molecular weight is 312 g/mol. The number of morpholine rings is 1. The summed E-state index contributed by atoms with van der Waals surface area (Å²) < 4.78 is 6.32. The van der Waals surface area contributed by atoms with Gasteiger partial charge in [0.1, 0.15) is 0 Å². The van der Waals surface area contributed by atoms with Crippen molar-refractivity contribution >= 4 is 21.7 Å². The van der Waals surface area contributed by atoms with E-state index in [0.717, 1.165) is 36.3 Å². The van der Waals surface area contributed by atoms with Gasteiger partial charge in [-0.25, -0.2) is 0 Å². The lowest BCUT2D eigenvalue weighted by Gasteiger charge is -2.31. The Hall–Kier alpha value is -0.710. The number of rotatable bonds is 4. The SMILES string of the molecule is CC(C(=O)Cc1cccc(Br)c1)N1CCOCC1. The molecule has 1 unspecified atom stereocenters. The quantitative estimate of drug-likeness (QED) is 0.854. The molecule has 1 heterocycles. The van der Waals surface area contributed by atoms with E-state index in [1.807, 2.05) is 31.2 Å². The molecule has 0 bridgehead atoms. The Bertz CT molecular complexity index is 416. The number of Topliss-reactive ketones (excluding diaryl/α,β-unsaturated/α-hetero) is 1. The Morgan fingerprint density at radius 3 is 2.83 bits per heavy atom. The number of hydrogen-bond acceptors (Lipinski definition) is 3. The third-order valence-corrected chi connectivity index (χ3v) is 3.82. The molecule has 0 saturated carbocycles. The number of carbonyl (C=O) groups excluding carboxylic acids is 1. The van der Waals surface area contributed by atoms with Crippen molar-refractivity contribution in [1.29, 1.82) is 0 Å². The molecule has 1 saturated heterocycles. The summed E-state index contributed by atoms with van der Waals surface area (Å²) in [7, 11) is 0. The highest BCUT2D eigenvalue weighted by molar-refractivity contribution is 9.10. The zero-order valence-corrected chi connectivity index (χ0v) is 12.1. The third-order valence-electron chi connectivity index (χ3n) is 3.33. The van der Waals surface area contributed by atoms with E-state index in [0.29, 0.717) is 6.42 Å². The predicted octanol–water partition coefficient (Wildman–Crippen LogP) is 2.28. The molecule has 0 amide bonds. The van der Waals surface area contributed by atoms with Gasteiger partial charge in [-0.15, -0.1) is 0 Å². The molecule has 0 aliphatic carbocycles. The van der Waals surface area contributed by atoms with Crippen LogP contribution in [-0.2, 0) is 16.0 Å².